The summed E-state index contributed by atoms with van der Waals surface area (Å²) in [5, 5.41) is 0.667. The number of halogens is 1. The lowest BCUT2D eigenvalue weighted by atomic mass is 10.1. The van der Waals surface area contributed by atoms with Crippen LogP contribution in [-0.4, -0.2) is 31.1 Å². The molecule has 4 heteroatoms. The fraction of sp³-hybridized carbons (Fsp3) is 0.538. The molecule has 2 N–H and O–H groups in total. The topological polar surface area (TPSA) is 38.5 Å². The molecule has 0 fully saturated rings. The Hall–Kier alpha value is -0.770. The number of benzene rings is 1. The zero-order valence-corrected chi connectivity index (χ0v) is 11.7. The first-order chi connectivity index (χ1) is 7.86. The van der Waals surface area contributed by atoms with Crippen LogP contribution < -0.4 is 10.5 Å². The zero-order chi connectivity index (χ0) is 13.1. The molecule has 1 rings (SSSR count). The molecule has 0 bridgehead atoms. The highest BCUT2D eigenvalue weighted by Gasteiger charge is 2.21. The monoisotopic (exact) mass is 256 g/mol. The highest BCUT2D eigenvalue weighted by Crippen LogP contribution is 2.24. The largest absolute Gasteiger partial charge is 0.491 e. The molecule has 1 aromatic carbocycles. The van der Waals surface area contributed by atoms with Crippen molar-refractivity contribution >= 4 is 11.6 Å². The molecule has 0 radical (unpaired) electrons. The average molecular weight is 257 g/mol. The SMILES string of the molecule is CN(C)C(C)(C)COc1cc(Cl)ccc1CN. The third-order valence-corrected chi connectivity index (χ3v) is 3.28. The molecule has 96 valence electrons. The van der Waals surface area contributed by atoms with Crippen molar-refractivity contribution in [3.63, 3.8) is 0 Å². The number of likely N-dealkylation sites (N-methyl/N-ethyl adjacent to an activating group) is 1. The second-order valence-corrected chi connectivity index (χ2v) is 5.39. The van der Waals surface area contributed by atoms with Crippen LogP contribution in [0.1, 0.15) is 19.4 Å². The molecule has 0 saturated heterocycles. The van der Waals surface area contributed by atoms with Gasteiger partial charge in [-0.05, 0) is 40.1 Å². The highest BCUT2D eigenvalue weighted by atomic mass is 35.5. The summed E-state index contributed by atoms with van der Waals surface area (Å²) in [4.78, 5) is 2.12. The molecule has 0 unspecified atom stereocenters. The van der Waals surface area contributed by atoms with Crippen molar-refractivity contribution in [3.05, 3.63) is 28.8 Å². The van der Waals surface area contributed by atoms with E-state index in [4.69, 9.17) is 22.1 Å². The molecule has 0 spiro atoms. The molecular formula is C13H21ClN2O. The predicted molar refractivity (Wildman–Crippen MR) is 72.6 cm³/mol. The van der Waals surface area contributed by atoms with Crippen LogP contribution in [0.3, 0.4) is 0 Å². The van der Waals surface area contributed by atoms with E-state index in [2.05, 4.69) is 18.7 Å². The van der Waals surface area contributed by atoms with Crippen molar-refractivity contribution in [2.75, 3.05) is 20.7 Å². The van der Waals surface area contributed by atoms with Gasteiger partial charge in [0.05, 0.1) is 0 Å². The minimum Gasteiger partial charge on any atom is -0.491 e. The van der Waals surface area contributed by atoms with E-state index in [9.17, 15) is 0 Å². The first kappa shape index (κ1) is 14.3. The van der Waals surface area contributed by atoms with Gasteiger partial charge in [0.2, 0.25) is 0 Å². The lowest BCUT2D eigenvalue weighted by Crippen LogP contribution is -2.43. The average Bonchev–Trinajstić information content (AvgIpc) is 2.26. The van der Waals surface area contributed by atoms with Crippen LogP contribution in [0.5, 0.6) is 5.75 Å². The van der Waals surface area contributed by atoms with Crippen LogP contribution in [0.4, 0.5) is 0 Å². The summed E-state index contributed by atoms with van der Waals surface area (Å²) >= 11 is 5.96. The molecule has 0 saturated carbocycles. The number of nitrogens with two attached hydrogens (primary N) is 1. The fourth-order valence-corrected chi connectivity index (χ4v) is 1.38. The molecule has 0 aromatic heterocycles. The molecule has 3 nitrogen and oxygen atoms in total. The van der Waals surface area contributed by atoms with Crippen molar-refractivity contribution in [3.8, 4) is 5.75 Å². The van der Waals surface area contributed by atoms with E-state index in [-0.39, 0.29) is 5.54 Å². The van der Waals surface area contributed by atoms with Gasteiger partial charge >= 0.3 is 0 Å². The quantitative estimate of drug-likeness (QED) is 0.880. The summed E-state index contributed by atoms with van der Waals surface area (Å²) in [6.07, 6.45) is 0. The van der Waals surface area contributed by atoms with Gasteiger partial charge in [0, 0.05) is 22.7 Å². The molecule has 0 aliphatic carbocycles. The summed E-state index contributed by atoms with van der Waals surface area (Å²) in [7, 11) is 4.07. The maximum atomic E-state index is 5.96. The maximum Gasteiger partial charge on any atom is 0.125 e. The summed E-state index contributed by atoms with van der Waals surface area (Å²) < 4.78 is 5.83. The molecule has 1 aromatic rings. The van der Waals surface area contributed by atoms with Gasteiger partial charge in [0.1, 0.15) is 12.4 Å². The number of nitrogens with zero attached hydrogens (tertiary/aromatic N) is 1. The maximum absolute atomic E-state index is 5.96. The van der Waals surface area contributed by atoms with E-state index in [0.29, 0.717) is 18.2 Å². The Balaban J connectivity index is 2.78. The third kappa shape index (κ3) is 3.87. The molecule has 0 heterocycles. The van der Waals surface area contributed by atoms with E-state index >= 15 is 0 Å². The van der Waals surface area contributed by atoms with Crippen molar-refractivity contribution in [2.24, 2.45) is 5.73 Å². The summed E-state index contributed by atoms with van der Waals surface area (Å²) in [5.74, 6) is 0.773. The van der Waals surface area contributed by atoms with Crippen LogP contribution in [0, 0.1) is 0 Å². The normalized spacial score (nSPS) is 11.9. The van der Waals surface area contributed by atoms with Crippen LogP contribution in [-0.2, 0) is 6.54 Å². The van der Waals surface area contributed by atoms with Gasteiger partial charge < -0.3 is 15.4 Å². The Morgan fingerprint density at radius 2 is 2.00 bits per heavy atom. The third-order valence-electron chi connectivity index (χ3n) is 3.04. The van der Waals surface area contributed by atoms with Crippen LogP contribution in [0.2, 0.25) is 5.02 Å². The predicted octanol–water partition coefficient (Wildman–Crippen LogP) is 2.52. The fourth-order valence-electron chi connectivity index (χ4n) is 1.21. The first-order valence-corrected chi connectivity index (χ1v) is 6.03. The lowest BCUT2D eigenvalue weighted by Gasteiger charge is -2.32. The smallest absolute Gasteiger partial charge is 0.125 e. The number of hydrogen-bond donors (Lipinski definition) is 1. The van der Waals surface area contributed by atoms with E-state index in [1.165, 1.54) is 0 Å². The van der Waals surface area contributed by atoms with Crippen LogP contribution >= 0.6 is 11.6 Å². The summed E-state index contributed by atoms with van der Waals surface area (Å²) in [5.41, 5.74) is 6.61. The Morgan fingerprint density at radius 1 is 1.35 bits per heavy atom. The van der Waals surface area contributed by atoms with Crippen molar-refractivity contribution in [1.29, 1.82) is 0 Å². The van der Waals surface area contributed by atoms with E-state index < -0.39 is 0 Å². The highest BCUT2D eigenvalue weighted by molar-refractivity contribution is 6.30. The van der Waals surface area contributed by atoms with Crippen molar-refractivity contribution < 1.29 is 4.74 Å². The lowest BCUT2D eigenvalue weighted by molar-refractivity contribution is 0.113. The molecular weight excluding hydrogens is 236 g/mol. The number of rotatable bonds is 5. The van der Waals surface area contributed by atoms with E-state index in [0.717, 1.165) is 11.3 Å². The Morgan fingerprint density at radius 3 is 2.53 bits per heavy atom. The Kier molecular flexibility index (Phi) is 4.80. The van der Waals surface area contributed by atoms with Gasteiger partial charge in [-0.1, -0.05) is 17.7 Å². The van der Waals surface area contributed by atoms with Crippen LogP contribution in [0.25, 0.3) is 0 Å². The Labute approximate surface area is 109 Å². The molecule has 0 aliphatic rings. The minimum absolute atomic E-state index is 0.0335. The van der Waals surface area contributed by atoms with Gasteiger partial charge in [0.15, 0.2) is 0 Å². The van der Waals surface area contributed by atoms with Gasteiger partial charge in [-0.2, -0.15) is 0 Å². The second kappa shape index (κ2) is 5.71. The number of hydrogen-bond acceptors (Lipinski definition) is 3. The Bertz CT molecular complexity index is 378. The molecule has 0 aliphatic heterocycles. The van der Waals surface area contributed by atoms with Gasteiger partial charge in [-0.3, -0.25) is 0 Å². The second-order valence-electron chi connectivity index (χ2n) is 4.95. The van der Waals surface area contributed by atoms with Gasteiger partial charge in [-0.15, -0.1) is 0 Å². The van der Waals surface area contributed by atoms with E-state index in [1.54, 1.807) is 0 Å². The molecule has 0 atom stereocenters. The first-order valence-electron chi connectivity index (χ1n) is 5.65. The zero-order valence-electron chi connectivity index (χ0n) is 11.0. The molecule has 17 heavy (non-hydrogen) atoms. The van der Waals surface area contributed by atoms with Gasteiger partial charge in [-0.25, -0.2) is 0 Å². The van der Waals surface area contributed by atoms with Gasteiger partial charge in [0.25, 0.3) is 0 Å². The van der Waals surface area contributed by atoms with E-state index in [1.807, 2.05) is 32.3 Å². The summed E-state index contributed by atoms with van der Waals surface area (Å²) in [6.45, 7) is 5.29. The number of ether oxygens (including phenoxy) is 1. The standard InChI is InChI=1S/C13H21ClN2O/c1-13(2,16(3)4)9-17-12-7-11(14)6-5-10(12)8-15/h5-7H,8-9,15H2,1-4H3. The van der Waals surface area contributed by atoms with Crippen LogP contribution in [0.15, 0.2) is 18.2 Å². The minimum atomic E-state index is -0.0335. The summed E-state index contributed by atoms with van der Waals surface area (Å²) in [6, 6.07) is 5.55. The molecule has 0 amide bonds. The van der Waals surface area contributed by atoms with Crippen molar-refractivity contribution in [2.45, 2.75) is 25.9 Å². The van der Waals surface area contributed by atoms with Crippen molar-refractivity contribution in [1.82, 2.24) is 4.90 Å².